The largest absolute Gasteiger partial charge is 0.624 e. The van der Waals surface area contributed by atoms with E-state index in [9.17, 15) is 5.21 Å². The summed E-state index contributed by atoms with van der Waals surface area (Å²) in [5.74, 6) is 0. The molecular formula is C13H17NO. The van der Waals surface area contributed by atoms with Gasteiger partial charge in [-0.3, -0.25) is 0 Å². The molecule has 1 aromatic rings. The highest BCUT2D eigenvalue weighted by molar-refractivity contribution is 5.75. The summed E-state index contributed by atoms with van der Waals surface area (Å²) in [5, 5.41) is 11.8. The molecule has 80 valence electrons. The minimum absolute atomic E-state index is 0.207. The van der Waals surface area contributed by atoms with E-state index in [-0.39, 0.29) is 6.04 Å². The van der Waals surface area contributed by atoms with Crippen LogP contribution in [0.25, 0.3) is 0 Å². The monoisotopic (exact) mass is 203 g/mol. The van der Waals surface area contributed by atoms with Crippen LogP contribution in [0.2, 0.25) is 0 Å². The molecule has 2 heteroatoms. The van der Waals surface area contributed by atoms with Gasteiger partial charge in [0.25, 0.3) is 0 Å². The standard InChI is InChI=1S/C13H17NO/c15-14(13-9-5-2-6-10-13)11-12-7-3-1-4-8-12/h1,3-4,7-8,11,13H,2,5-6,9-10H2/b14-11-. The molecule has 0 amide bonds. The summed E-state index contributed by atoms with van der Waals surface area (Å²) in [6.07, 6.45) is 7.50. The molecule has 0 aliphatic heterocycles. The quantitative estimate of drug-likeness (QED) is 0.314. The summed E-state index contributed by atoms with van der Waals surface area (Å²) in [5.41, 5.74) is 0.998. The fourth-order valence-corrected chi connectivity index (χ4v) is 2.13. The first-order chi connectivity index (χ1) is 7.36. The van der Waals surface area contributed by atoms with Crippen LogP contribution < -0.4 is 0 Å². The maximum absolute atomic E-state index is 11.8. The van der Waals surface area contributed by atoms with Crippen molar-refractivity contribution in [3.8, 4) is 0 Å². The molecule has 2 nitrogen and oxygen atoms in total. The van der Waals surface area contributed by atoms with E-state index in [1.165, 1.54) is 19.3 Å². The summed E-state index contributed by atoms with van der Waals surface area (Å²) in [7, 11) is 0. The van der Waals surface area contributed by atoms with E-state index in [1.807, 2.05) is 30.3 Å². The third-order valence-electron chi connectivity index (χ3n) is 3.01. The Kier molecular flexibility index (Phi) is 3.38. The molecule has 0 saturated heterocycles. The van der Waals surface area contributed by atoms with Crippen LogP contribution in [-0.2, 0) is 0 Å². The Balaban J connectivity index is 2.06. The van der Waals surface area contributed by atoms with Crippen LogP contribution in [-0.4, -0.2) is 17.0 Å². The van der Waals surface area contributed by atoms with Crippen molar-refractivity contribution in [1.82, 2.24) is 0 Å². The molecule has 0 atom stereocenters. The third kappa shape index (κ3) is 2.82. The summed E-state index contributed by atoms with van der Waals surface area (Å²) < 4.78 is 1.15. The predicted molar refractivity (Wildman–Crippen MR) is 62.1 cm³/mol. The smallest absolute Gasteiger partial charge is 0.182 e. The van der Waals surface area contributed by atoms with Crippen molar-refractivity contribution in [3.05, 3.63) is 41.1 Å². The highest BCUT2D eigenvalue weighted by Gasteiger charge is 2.19. The second kappa shape index (κ2) is 4.96. The summed E-state index contributed by atoms with van der Waals surface area (Å²) in [4.78, 5) is 0. The topological polar surface area (TPSA) is 26.1 Å². The number of hydrogen-bond donors (Lipinski definition) is 0. The molecule has 15 heavy (non-hydrogen) atoms. The van der Waals surface area contributed by atoms with Gasteiger partial charge in [-0.25, -0.2) is 4.74 Å². The van der Waals surface area contributed by atoms with Crippen LogP contribution in [0.4, 0.5) is 0 Å². The Morgan fingerprint density at radius 2 is 1.73 bits per heavy atom. The van der Waals surface area contributed by atoms with Gasteiger partial charge in [-0.05, 0) is 25.0 Å². The van der Waals surface area contributed by atoms with E-state index in [0.29, 0.717) is 0 Å². The number of hydroxylamine groups is 1. The van der Waals surface area contributed by atoms with Gasteiger partial charge in [0, 0.05) is 18.4 Å². The van der Waals surface area contributed by atoms with Gasteiger partial charge in [0.15, 0.2) is 12.3 Å². The molecule has 1 fully saturated rings. The van der Waals surface area contributed by atoms with Crippen molar-refractivity contribution in [2.75, 3.05) is 0 Å². The first-order valence-electron chi connectivity index (χ1n) is 5.71. The molecule has 0 spiro atoms. The Bertz CT molecular complexity index is 326. The molecule has 0 radical (unpaired) electrons. The highest BCUT2D eigenvalue weighted by Crippen LogP contribution is 2.19. The number of nitrogens with zero attached hydrogens (tertiary/aromatic N) is 1. The van der Waals surface area contributed by atoms with Crippen LogP contribution >= 0.6 is 0 Å². The van der Waals surface area contributed by atoms with E-state index < -0.39 is 0 Å². The van der Waals surface area contributed by atoms with Crippen molar-refractivity contribution in [3.63, 3.8) is 0 Å². The zero-order chi connectivity index (χ0) is 10.5. The average molecular weight is 203 g/mol. The maximum Gasteiger partial charge on any atom is 0.182 e. The van der Waals surface area contributed by atoms with E-state index in [2.05, 4.69) is 0 Å². The Hall–Kier alpha value is -1.31. The summed E-state index contributed by atoms with van der Waals surface area (Å²) >= 11 is 0. The van der Waals surface area contributed by atoms with Gasteiger partial charge in [0.05, 0.1) is 0 Å². The van der Waals surface area contributed by atoms with Gasteiger partial charge in [0.1, 0.15) is 0 Å². The van der Waals surface area contributed by atoms with Crippen molar-refractivity contribution >= 4 is 6.21 Å². The van der Waals surface area contributed by atoms with E-state index >= 15 is 0 Å². The van der Waals surface area contributed by atoms with Crippen molar-refractivity contribution in [2.24, 2.45) is 0 Å². The van der Waals surface area contributed by atoms with Gasteiger partial charge in [0.2, 0.25) is 0 Å². The molecule has 1 aliphatic carbocycles. The van der Waals surface area contributed by atoms with Gasteiger partial charge in [-0.15, -0.1) is 0 Å². The molecule has 1 aromatic carbocycles. The molecule has 2 rings (SSSR count). The predicted octanol–water partition coefficient (Wildman–Crippen LogP) is 2.95. The zero-order valence-corrected chi connectivity index (χ0v) is 8.93. The summed E-state index contributed by atoms with van der Waals surface area (Å²) in [6.45, 7) is 0. The second-order valence-corrected chi connectivity index (χ2v) is 4.19. The highest BCUT2D eigenvalue weighted by atomic mass is 16.5. The maximum atomic E-state index is 11.8. The average Bonchev–Trinajstić information content (AvgIpc) is 2.31. The van der Waals surface area contributed by atoms with Crippen LogP contribution in [0.1, 0.15) is 37.7 Å². The van der Waals surface area contributed by atoms with Crippen molar-refractivity contribution in [1.29, 1.82) is 0 Å². The number of hydrogen-bond acceptors (Lipinski definition) is 1. The Morgan fingerprint density at radius 3 is 2.40 bits per heavy atom. The SMILES string of the molecule is [O-]/[N+](=C\c1ccccc1)C1CCCCC1. The first kappa shape index (κ1) is 10.2. The fraction of sp³-hybridized carbons (Fsp3) is 0.462. The summed E-state index contributed by atoms with van der Waals surface area (Å²) in [6, 6.07) is 10.0. The number of benzene rings is 1. The molecule has 1 saturated carbocycles. The van der Waals surface area contributed by atoms with E-state index in [4.69, 9.17) is 0 Å². The van der Waals surface area contributed by atoms with E-state index in [1.54, 1.807) is 6.21 Å². The molecule has 0 aromatic heterocycles. The lowest BCUT2D eigenvalue weighted by Gasteiger charge is -2.20. The van der Waals surface area contributed by atoms with Crippen LogP contribution in [0.15, 0.2) is 30.3 Å². The van der Waals surface area contributed by atoms with Crippen molar-refractivity contribution in [2.45, 2.75) is 38.1 Å². The lowest BCUT2D eigenvalue weighted by molar-refractivity contribution is -0.500. The molecule has 0 unspecified atom stereocenters. The molecule has 1 aliphatic rings. The third-order valence-corrected chi connectivity index (χ3v) is 3.01. The normalized spacial score (nSPS) is 19.1. The lowest BCUT2D eigenvalue weighted by atomic mass is 9.96. The van der Waals surface area contributed by atoms with Crippen molar-refractivity contribution < 1.29 is 4.74 Å². The van der Waals surface area contributed by atoms with Crippen LogP contribution in [0, 0.1) is 5.21 Å². The molecule has 0 bridgehead atoms. The fourth-order valence-electron chi connectivity index (χ4n) is 2.13. The molecule has 0 heterocycles. The molecule has 0 N–H and O–H groups in total. The first-order valence-corrected chi connectivity index (χ1v) is 5.71. The Labute approximate surface area is 90.8 Å². The minimum atomic E-state index is 0.207. The van der Waals surface area contributed by atoms with Gasteiger partial charge >= 0.3 is 0 Å². The van der Waals surface area contributed by atoms with E-state index in [0.717, 1.165) is 23.1 Å². The zero-order valence-electron chi connectivity index (χ0n) is 8.93. The second-order valence-electron chi connectivity index (χ2n) is 4.19. The lowest BCUT2D eigenvalue weighted by Crippen LogP contribution is -2.25. The van der Waals surface area contributed by atoms with Gasteiger partial charge in [-0.2, -0.15) is 0 Å². The van der Waals surface area contributed by atoms with Crippen LogP contribution in [0.3, 0.4) is 0 Å². The van der Waals surface area contributed by atoms with Gasteiger partial charge in [-0.1, -0.05) is 24.6 Å². The number of rotatable bonds is 2. The molecular weight excluding hydrogens is 186 g/mol. The Morgan fingerprint density at radius 1 is 1.07 bits per heavy atom. The minimum Gasteiger partial charge on any atom is -0.624 e. The van der Waals surface area contributed by atoms with Gasteiger partial charge < -0.3 is 5.21 Å². The van der Waals surface area contributed by atoms with Crippen LogP contribution in [0.5, 0.6) is 0 Å².